The van der Waals surface area contributed by atoms with Gasteiger partial charge in [0.15, 0.2) is 0 Å². The van der Waals surface area contributed by atoms with Crippen LogP contribution in [0.15, 0.2) is 36.7 Å². The lowest BCUT2D eigenvalue weighted by Gasteiger charge is -2.25. The molecule has 3 unspecified atom stereocenters. The quantitative estimate of drug-likeness (QED) is 0.605. The van der Waals surface area contributed by atoms with Gasteiger partial charge in [-0.15, -0.1) is 11.3 Å². The predicted octanol–water partition coefficient (Wildman–Crippen LogP) is 2.89. The summed E-state index contributed by atoms with van der Waals surface area (Å²) in [6.45, 7) is 7.63. The smallest absolute Gasteiger partial charge is 0.234 e. The summed E-state index contributed by atoms with van der Waals surface area (Å²) < 4.78 is 9.20. The minimum Gasteiger partial charge on any atom is -0.374 e. The Kier molecular flexibility index (Phi) is 4.54. The molecule has 3 aromatic heterocycles. The van der Waals surface area contributed by atoms with Crippen molar-refractivity contribution in [1.29, 1.82) is 0 Å². The first-order valence-electron chi connectivity index (χ1n) is 11.2. The van der Waals surface area contributed by atoms with Crippen LogP contribution in [0.5, 0.6) is 0 Å². The van der Waals surface area contributed by atoms with E-state index < -0.39 is 0 Å². The van der Waals surface area contributed by atoms with Crippen molar-refractivity contribution < 1.29 is 14.3 Å². The maximum absolute atomic E-state index is 12.8. The number of carbonyl (C=O) groups excluding carboxylic acids is 2. The van der Waals surface area contributed by atoms with Gasteiger partial charge in [-0.2, -0.15) is 0 Å². The highest BCUT2D eigenvalue weighted by molar-refractivity contribution is 7.19. The maximum Gasteiger partial charge on any atom is 0.234 e. The molecule has 0 bridgehead atoms. The van der Waals surface area contributed by atoms with Crippen molar-refractivity contribution >= 4 is 33.4 Å². The van der Waals surface area contributed by atoms with Crippen LogP contribution in [0.4, 0.5) is 0 Å². The summed E-state index contributed by atoms with van der Waals surface area (Å²) in [7, 11) is 0. The average molecular weight is 451 g/mol. The summed E-state index contributed by atoms with van der Waals surface area (Å²) >= 11 is 1.62. The van der Waals surface area contributed by atoms with E-state index in [4.69, 9.17) is 4.74 Å². The van der Waals surface area contributed by atoms with Crippen LogP contribution in [-0.2, 0) is 27.4 Å². The number of morpholine rings is 1. The molecule has 0 aromatic carbocycles. The minimum atomic E-state index is -0.178. The highest BCUT2D eigenvalue weighted by atomic mass is 32.1. The molecule has 5 heterocycles. The van der Waals surface area contributed by atoms with Gasteiger partial charge in [-0.1, -0.05) is 13.8 Å². The van der Waals surface area contributed by atoms with E-state index in [1.165, 1.54) is 4.90 Å². The van der Waals surface area contributed by atoms with Gasteiger partial charge in [-0.05, 0) is 29.7 Å². The lowest BCUT2D eigenvalue weighted by Crippen LogP contribution is -2.40. The topological polar surface area (TPSA) is 76.5 Å². The van der Waals surface area contributed by atoms with Gasteiger partial charge in [0.05, 0.1) is 47.9 Å². The molecule has 1 aliphatic carbocycles. The fraction of sp³-hybridized carbons (Fsp3) is 0.458. The van der Waals surface area contributed by atoms with Crippen molar-refractivity contribution in [2.24, 2.45) is 17.3 Å². The van der Waals surface area contributed by atoms with Crippen LogP contribution >= 0.6 is 11.3 Å². The minimum absolute atomic E-state index is 0.0226. The molecule has 0 radical (unpaired) electrons. The second-order valence-corrected chi connectivity index (χ2v) is 10.7. The van der Waals surface area contributed by atoms with Gasteiger partial charge in [0, 0.05) is 41.6 Å². The standard InChI is InChI=1S/C24H26N4O3S/c1-24(2)19-20(24)23(30)28(22(19)29)13-15-10-17-21(32-15)16(5-6-26-17)18-4-3-8-27(18)12-14-11-25-7-9-31-14/h3-6,8,10,14,19-20,25H,7,9,11-13H2,1-2H3. The molecule has 3 fully saturated rings. The third-order valence-corrected chi connectivity index (χ3v) is 8.32. The molecule has 166 valence electrons. The van der Waals surface area contributed by atoms with Crippen LogP contribution in [-0.4, -0.2) is 52.1 Å². The Balaban J connectivity index is 1.28. The highest BCUT2D eigenvalue weighted by Crippen LogP contribution is 2.63. The van der Waals surface area contributed by atoms with Gasteiger partial charge in [-0.3, -0.25) is 19.5 Å². The number of likely N-dealkylation sites (tertiary alicyclic amines) is 1. The first kappa shape index (κ1) is 20.1. The largest absolute Gasteiger partial charge is 0.374 e. The second-order valence-electron chi connectivity index (χ2n) is 9.57. The first-order valence-corrected chi connectivity index (χ1v) is 12.0. The second kappa shape index (κ2) is 7.23. The summed E-state index contributed by atoms with van der Waals surface area (Å²) in [6.07, 6.45) is 4.06. The molecule has 32 heavy (non-hydrogen) atoms. The number of piperidine rings is 1. The van der Waals surface area contributed by atoms with Crippen LogP contribution in [0.2, 0.25) is 0 Å². The van der Waals surface area contributed by atoms with Gasteiger partial charge in [0.25, 0.3) is 0 Å². The number of hydrogen-bond acceptors (Lipinski definition) is 6. The average Bonchev–Trinajstić information content (AvgIpc) is 3.18. The SMILES string of the molecule is CC1(C)C2C(=O)N(Cc3cc4nccc(-c5cccn5CC5CNCCO5)c4s3)C(=O)C21. The zero-order chi connectivity index (χ0) is 22.0. The number of hydrogen-bond donors (Lipinski definition) is 1. The van der Waals surface area contributed by atoms with Crippen molar-refractivity contribution in [3.63, 3.8) is 0 Å². The third kappa shape index (κ3) is 3.04. The number of fused-ring (bicyclic) bond motifs is 2. The van der Waals surface area contributed by atoms with E-state index in [2.05, 4.69) is 33.2 Å². The number of thiophene rings is 1. The Labute approximate surface area is 190 Å². The van der Waals surface area contributed by atoms with E-state index in [0.717, 1.165) is 52.6 Å². The normalized spacial score (nSPS) is 26.7. The maximum atomic E-state index is 12.8. The number of amides is 2. The van der Waals surface area contributed by atoms with Crippen molar-refractivity contribution in [3.8, 4) is 11.3 Å². The van der Waals surface area contributed by atoms with Gasteiger partial charge in [0.2, 0.25) is 11.8 Å². The summed E-state index contributed by atoms with van der Waals surface area (Å²) in [6, 6.07) is 8.23. The van der Waals surface area contributed by atoms with Crippen molar-refractivity contribution in [2.75, 3.05) is 19.7 Å². The third-order valence-electron chi connectivity index (χ3n) is 7.18. The van der Waals surface area contributed by atoms with E-state index in [9.17, 15) is 9.59 Å². The number of ether oxygens (including phenoxy) is 1. The Hall–Kier alpha value is -2.55. The summed E-state index contributed by atoms with van der Waals surface area (Å²) in [5.74, 6) is -0.327. The Morgan fingerprint density at radius 2 is 2.06 bits per heavy atom. The molecule has 6 rings (SSSR count). The zero-order valence-corrected chi connectivity index (χ0v) is 19.0. The van der Waals surface area contributed by atoms with Gasteiger partial charge >= 0.3 is 0 Å². The number of nitrogens with zero attached hydrogens (tertiary/aromatic N) is 3. The number of nitrogens with one attached hydrogen (secondary N) is 1. The number of carbonyl (C=O) groups is 2. The molecule has 2 amide bonds. The molecule has 3 aromatic rings. The monoisotopic (exact) mass is 450 g/mol. The number of pyridine rings is 1. The predicted molar refractivity (Wildman–Crippen MR) is 122 cm³/mol. The lowest BCUT2D eigenvalue weighted by molar-refractivity contribution is -0.143. The van der Waals surface area contributed by atoms with E-state index >= 15 is 0 Å². The highest BCUT2D eigenvalue weighted by Gasteiger charge is 2.72. The van der Waals surface area contributed by atoms with Crippen LogP contribution < -0.4 is 5.32 Å². The van der Waals surface area contributed by atoms with E-state index in [-0.39, 0.29) is 35.2 Å². The summed E-state index contributed by atoms with van der Waals surface area (Å²) in [5.41, 5.74) is 2.96. The Morgan fingerprint density at radius 3 is 2.81 bits per heavy atom. The fourth-order valence-electron chi connectivity index (χ4n) is 5.36. The van der Waals surface area contributed by atoms with Gasteiger partial charge in [-0.25, -0.2) is 0 Å². The van der Waals surface area contributed by atoms with Crippen molar-refractivity contribution in [3.05, 3.63) is 41.5 Å². The van der Waals surface area contributed by atoms with Crippen molar-refractivity contribution in [1.82, 2.24) is 19.8 Å². The fourth-order valence-corrected chi connectivity index (χ4v) is 6.48. The van der Waals surface area contributed by atoms with Crippen molar-refractivity contribution in [2.45, 2.75) is 33.0 Å². The number of aromatic nitrogens is 2. The Bertz CT molecular complexity index is 1200. The van der Waals surface area contributed by atoms with Crippen LogP contribution in [0.3, 0.4) is 0 Å². The molecule has 3 aliphatic rings. The van der Waals surface area contributed by atoms with Crippen LogP contribution in [0.25, 0.3) is 21.5 Å². The van der Waals surface area contributed by atoms with E-state index in [1.807, 2.05) is 32.2 Å². The number of rotatable bonds is 5. The zero-order valence-electron chi connectivity index (χ0n) is 18.2. The summed E-state index contributed by atoms with van der Waals surface area (Å²) in [5, 5.41) is 3.39. The molecule has 2 aliphatic heterocycles. The van der Waals surface area contributed by atoms with Crippen LogP contribution in [0.1, 0.15) is 18.7 Å². The number of imide groups is 1. The molecular weight excluding hydrogens is 424 g/mol. The molecule has 0 spiro atoms. The Morgan fingerprint density at radius 1 is 1.25 bits per heavy atom. The molecular formula is C24H26N4O3S. The molecule has 3 atom stereocenters. The van der Waals surface area contributed by atoms with E-state index in [0.29, 0.717) is 6.54 Å². The molecule has 1 saturated carbocycles. The van der Waals surface area contributed by atoms with Gasteiger partial charge < -0.3 is 14.6 Å². The van der Waals surface area contributed by atoms with Gasteiger partial charge in [0.1, 0.15) is 0 Å². The molecule has 8 heteroatoms. The first-order chi connectivity index (χ1) is 15.4. The molecule has 2 saturated heterocycles. The molecule has 1 N–H and O–H groups in total. The summed E-state index contributed by atoms with van der Waals surface area (Å²) in [4.78, 5) is 32.5. The van der Waals surface area contributed by atoms with E-state index in [1.54, 1.807) is 11.3 Å². The van der Waals surface area contributed by atoms with Crippen LogP contribution in [0, 0.1) is 17.3 Å². The lowest BCUT2D eigenvalue weighted by atomic mass is 10.1. The molecule has 7 nitrogen and oxygen atoms in total.